The Balaban J connectivity index is 2.28. The lowest BCUT2D eigenvalue weighted by Crippen LogP contribution is -1.95. The Morgan fingerprint density at radius 3 is 2.48 bits per heavy atom. The number of hydrogen-bond acceptors (Lipinski definition) is 2. The molecule has 0 saturated heterocycles. The van der Waals surface area contributed by atoms with E-state index in [0.717, 1.165) is 16.5 Å². The first-order valence-corrected chi connectivity index (χ1v) is 7.12. The van der Waals surface area contributed by atoms with Gasteiger partial charge in [-0.25, -0.2) is 14.4 Å². The van der Waals surface area contributed by atoms with E-state index in [2.05, 4.69) is 9.97 Å². The van der Waals surface area contributed by atoms with E-state index in [-0.39, 0.29) is 5.82 Å². The third kappa shape index (κ3) is 2.47. The highest BCUT2D eigenvalue weighted by atomic mass is 35.5. The number of aromatic nitrogens is 2. The SMILES string of the molecule is Cc1cc(-c2nc(Cl)c3ccc(Cl)c(C)c3n2)ccc1F. The van der Waals surface area contributed by atoms with Crippen LogP contribution in [-0.2, 0) is 0 Å². The van der Waals surface area contributed by atoms with Crippen molar-refractivity contribution in [3.63, 3.8) is 0 Å². The maximum Gasteiger partial charge on any atom is 0.161 e. The van der Waals surface area contributed by atoms with Crippen LogP contribution in [0.15, 0.2) is 30.3 Å². The molecule has 2 nitrogen and oxygen atoms in total. The molecule has 0 radical (unpaired) electrons. The summed E-state index contributed by atoms with van der Waals surface area (Å²) < 4.78 is 13.4. The maximum atomic E-state index is 13.4. The van der Waals surface area contributed by atoms with E-state index in [1.54, 1.807) is 31.2 Å². The smallest absolute Gasteiger partial charge is 0.161 e. The minimum atomic E-state index is -0.259. The second-order valence-electron chi connectivity index (χ2n) is 4.87. The molecule has 0 saturated carbocycles. The third-order valence-electron chi connectivity index (χ3n) is 3.43. The van der Waals surface area contributed by atoms with Gasteiger partial charge in [-0.05, 0) is 55.3 Å². The van der Waals surface area contributed by atoms with Gasteiger partial charge in [0.15, 0.2) is 5.82 Å². The van der Waals surface area contributed by atoms with Crippen LogP contribution >= 0.6 is 23.2 Å². The van der Waals surface area contributed by atoms with Crippen molar-refractivity contribution in [3.8, 4) is 11.4 Å². The van der Waals surface area contributed by atoms with Crippen molar-refractivity contribution in [1.29, 1.82) is 0 Å². The maximum absolute atomic E-state index is 13.4. The summed E-state index contributed by atoms with van der Waals surface area (Å²) in [5.41, 5.74) is 2.81. The molecule has 0 amide bonds. The standard InChI is InChI=1S/C16H11Cl2FN2/c1-8-7-10(3-6-13(8)19)16-20-14-9(2)12(17)5-4-11(14)15(18)21-16/h3-7H,1-2H3. The molecular formula is C16H11Cl2FN2. The summed E-state index contributed by atoms with van der Waals surface area (Å²) in [6, 6.07) is 8.31. The molecule has 0 spiro atoms. The number of benzene rings is 2. The van der Waals surface area contributed by atoms with Gasteiger partial charge in [-0.1, -0.05) is 23.2 Å². The molecule has 0 fully saturated rings. The molecule has 0 bridgehead atoms. The van der Waals surface area contributed by atoms with E-state index >= 15 is 0 Å². The normalized spacial score (nSPS) is 11.1. The van der Waals surface area contributed by atoms with E-state index in [1.165, 1.54) is 6.07 Å². The van der Waals surface area contributed by atoms with Crippen molar-refractivity contribution >= 4 is 34.1 Å². The first kappa shape index (κ1) is 14.2. The van der Waals surface area contributed by atoms with Gasteiger partial charge in [-0.3, -0.25) is 0 Å². The van der Waals surface area contributed by atoms with Crippen molar-refractivity contribution in [2.45, 2.75) is 13.8 Å². The van der Waals surface area contributed by atoms with Crippen molar-refractivity contribution in [3.05, 3.63) is 57.5 Å². The summed E-state index contributed by atoms with van der Waals surface area (Å²) in [6.45, 7) is 3.58. The molecule has 0 aliphatic heterocycles. The van der Waals surface area contributed by atoms with Gasteiger partial charge in [0.25, 0.3) is 0 Å². The van der Waals surface area contributed by atoms with Gasteiger partial charge in [0.05, 0.1) is 5.52 Å². The van der Waals surface area contributed by atoms with E-state index in [0.29, 0.717) is 27.1 Å². The van der Waals surface area contributed by atoms with Crippen molar-refractivity contribution < 1.29 is 4.39 Å². The molecule has 106 valence electrons. The number of aryl methyl sites for hydroxylation is 2. The van der Waals surface area contributed by atoms with Gasteiger partial charge in [0.1, 0.15) is 11.0 Å². The van der Waals surface area contributed by atoms with Crippen LogP contribution in [0, 0.1) is 19.7 Å². The lowest BCUT2D eigenvalue weighted by molar-refractivity contribution is 0.618. The first-order valence-electron chi connectivity index (χ1n) is 6.36. The van der Waals surface area contributed by atoms with Crippen LogP contribution in [0.4, 0.5) is 4.39 Å². The number of fused-ring (bicyclic) bond motifs is 1. The molecule has 0 atom stereocenters. The van der Waals surface area contributed by atoms with E-state index in [9.17, 15) is 4.39 Å². The summed E-state index contributed by atoms with van der Waals surface area (Å²) in [7, 11) is 0. The summed E-state index contributed by atoms with van der Waals surface area (Å²) in [6.07, 6.45) is 0. The van der Waals surface area contributed by atoms with Gasteiger partial charge >= 0.3 is 0 Å². The second kappa shape index (κ2) is 5.24. The van der Waals surface area contributed by atoms with Gasteiger partial charge in [0.2, 0.25) is 0 Å². The zero-order valence-electron chi connectivity index (χ0n) is 11.4. The Bertz CT molecular complexity index is 863. The van der Waals surface area contributed by atoms with Crippen LogP contribution < -0.4 is 0 Å². The lowest BCUT2D eigenvalue weighted by Gasteiger charge is -2.08. The van der Waals surface area contributed by atoms with Gasteiger partial charge in [-0.15, -0.1) is 0 Å². The van der Waals surface area contributed by atoms with E-state index < -0.39 is 0 Å². The van der Waals surface area contributed by atoms with E-state index in [4.69, 9.17) is 23.2 Å². The van der Waals surface area contributed by atoms with Crippen molar-refractivity contribution in [2.24, 2.45) is 0 Å². The number of rotatable bonds is 1. The molecule has 5 heteroatoms. The average Bonchev–Trinajstić information content (AvgIpc) is 2.46. The second-order valence-corrected chi connectivity index (χ2v) is 5.64. The van der Waals surface area contributed by atoms with Crippen LogP contribution in [0.2, 0.25) is 10.2 Å². The Morgan fingerprint density at radius 2 is 1.76 bits per heavy atom. The monoisotopic (exact) mass is 320 g/mol. The van der Waals surface area contributed by atoms with Crippen molar-refractivity contribution in [1.82, 2.24) is 9.97 Å². The molecule has 0 N–H and O–H groups in total. The summed E-state index contributed by atoms with van der Waals surface area (Å²) in [4.78, 5) is 8.84. The predicted octanol–water partition coefficient (Wildman–Crippen LogP) is 5.36. The summed E-state index contributed by atoms with van der Waals surface area (Å²) in [5.74, 6) is 0.200. The Labute approximate surface area is 131 Å². The number of halogens is 3. The molecule has 21 heavy (non-hydrogen) atoms. The summed E-state index contributed by atoms with van der Waals surface area (Å²) in [5, 5.41) is 1.73. The van der Waals surface area contributed by atoms with Crippen molar-refractivity contribution in [2.75, 3.05) is 0 Å². The van der Waals surface area contributed by atoms with E-state index in [1.807, 2.05) is 6.92 Å². The molecule has 0 aliphatic rings. The minimum absolute atomic E-state index is 0.259. The highest BCUT2D eigenvalue weighted by Gasteiger charge is 2.12. The van der Waals surface area contributed by atoms with Crippen LogP contribution in [-0.4, -0.2) is 9.97 Å². The van der Waals surface area contributed by atoms with Crippen LogP contribution in [0.25, 0.3) is 22.3 Å². The molecule has 3 aromatic rings. The average molecular weight is 321 g/mol. The number of hydrogen-bond donors (Lipinski definition) is 0. The van der Waals surface area contributed by atoms with Gasteiger partial charge in [0, 0.05) is 16.0 Å². The fraction of sp³-hybridized carbons (Fsp3) is 0.125. The first-order chi connectivity index (χ1) is 9.97. The molecule has 2 aromatic carbocycles. The fourth-order valence-electron chi connectivity index (χ4n) is 2.18. The zero-order chi connectivity index (χ0) is 15.1. The quantitative estimate of drug-likeness (QED) is 0.564. The Hall–Kier alpha value is -1.71. The molecular weight excluding hydrogens is 310 g/mol. The van der Waals surface area contributed by atoms with Crippen LogP contribution in [0.5, 0.6) is 0 Å². The van der Waals surface area contributed by atoms with Crippen LogP contribution in [0.1, 0.15) is 11.1 Å². The highest BCUT2D eigenvalue weighted by Crippen LogP contribution is 2.30. The molecule has 1 aromatic heterocycles. The molecule has 0 aliphatic carbocycles. The Morgan fingerprint density at radius 1 is 1.00 bits per heavy atom. The minimum Gasteiger partial charge on any atom is -0.228 e. The van der Waals surface area contributed by atoms with Crippen LogP contribution in [0.3, 0.4) is 0 Å². The molecule has 3 rings (SSSR count). The third-order valence-corrected chi connectivity index (χ3v) is 4.12. The molecule has 1 heterocycles. The topological polar surface area (TPSA) is 25.8 Å². The highest BCUT2D eigenvalue weighted by molar-refractivity contribution is 6.35. The largest absolute Gasteiger partial charge is 0.228 e. The summed E-state index contributed by atoms with van der Waals surface area (Å²) >= 11 is 12.4. The Kier molecular flexibility index (Phi) is 3.56. The lowest BCUT2D eigenvalue weighted by atomic mass is 10.1. The zero-order valence-corrected chi connectivity index (χ0v) is 12.9. The number of nitrogens with zero attached hydrogens (tertiary/aromatic N) is 2. The van der Waals surface area contributed by atoms with Gasteiger partial charge < -0.3 is 0 Å². The molecule has 0 unspecified atom stereocenters. The van der Waals surface area contributed by atoms with Gasteiger partial charge in [-0.2, -0.15) is 0 Å². The predicted molar refractivity (Wildman–Crippen MR) is 84.4 cm³/mol. The fourth-order valence-corrected chi connectivity index (χ4v) is 2.57.